The van der Waals surface area contributed by atoms with E-state index in [0.717, 1.165) is 25.3 Å². The van der Waals surface area contributed by atoms with Crippen molar-refractivity contribution in [2.24, 2.45) is 4.99 Å². The molecule has 0 aliphatic carbocycles. The van der Waals surface area contributed by atoms with Crippen molar-refractivity contribution in [3.63, 3.8) is 0 Å². The maximum absolute atomic E-state index is 13.5. The number of hydrogen-bond donors (Lipinski definition) is 2. The van der Waals surface area contributed by atoms with Crippen molar-refractivity contribution in [2.75, 3.05) is 6.54 Å². The minimum atomic E-state index is -4.47. The van der Waals surface area contributed by atoms with E-state index in [1.54, 1.807) is 19.9 Å². The molecular weight excluding hydrogens is 498 g/mol. The summed E-state index contributed by atoms with van der Waals surface area (Å²) >= 11 is 0. The zero-order valence-corrected chi connectivity index (χ0v) is 19.2. The molecule has 2 aliphatic heterocycles. The van der Waals surface area contributed by atoms with Gasteiger partial charge < -0.3 is 20.1 Å². The number of alkyl halides is 3. The minimum absolute atomic E-state index is 0. The van der Waals surface area contributed by atoms with Gasteiger partial charge in [0.05, 0.1) is 36.5 Å². The van der Waals surface area contributed by atoms with Crippen LogP contribution < -0.4 is 15.4 Å². The van der Waals surface area contributed by atoms with Crippen LogP contribution in [-0.2, 0) is 17.5 Å². The Morgan fingerprint density at radius 3 is 2.62 bits per heavy atom. The molecule has 3 unspecified atom stereocenters. The molecule has 1 aromatic rings. The van der Waals surface area contributed by atoms with Crippen molar-refractivity contribution in [3.05, 3.63) is 29.3 Å². The van der Waals surface area contributed by atoms with Crippen molar-refractivity contribution < 1.29 is 22.6 Å². The molecule has 0 aromatic heterocycles. The van der Waals surface area contributed by atoms with Crippen LogP contribution in [0, 0.1) is 0 Å². The molecule has 29 heavy (non-hydrogen) atoms. The van der Waals surface area contributed by atoms with Gasteiger partial charge in [-0.25, -0.2) is 4.99 Å². The molecule has 0 spiro atoms. The lowest BCUT2D eigenvalue weighted by atomic mass is 9.96. The third-order valence-electron chi connectivity index (χ3n) is 4.94. The molecule has 2 N–H and O–H groups in total. The minimum Gasteiger partial charge on any atom is -0.491 e. The summed E-state index contributed by atoms with van der Waals surface area (Å²) in [5.74, 6) is 0.721. The van der Waals surface area contributed by atoms with E-state index in [-0.39, 0.29) is 66.2 Å². The summed E-state index contributed by atoms with van der Waals surface area (Å²) in [5, 5.41) is 6.43. The molecule has 3 rings (SSSR count). The number of aliphatic imine (C=N–C) groups is 1. The van der Waals surface area contributed by atoms with Crippen LogP contribution >= 0.6 is 24.0 Å². The average molecular weight is 527 g/mol. The number of nitrogens with zero attached hydrogens (tertiary/aromatic N) is 1. The van der Waals surface area contributed by atoms with E-state index >= 15 is 0 Å². The summed E-state index contributed by atoms with van der Waals surface area (Å²) in [6, 6.07) is 4.20. The normalized spacial score (nSPS) is 23.8. The first-order chi connectivity index (χ1) is 13.3. The molecule has 2 aliphatic rings. The Hall–Kier alpha value is -1.23. The van der Waals surface area contributed by atoms with Crippen molar-refractivity contribution in [3.8, 4) is 5.75 Å². The van der Waals surface area contributed by atoms with Gasteiger partial charge in [0.25, 0.3) is 0 Å². The Morgan fingerprint density at radius 1 is 1.31 bits per heavy atom. The summed E-state index contributed by atoms with van der Waals surface area (Å²) in [5.41, 5.74) is -0.599. The van der Waals surface area contributed by atoms with Crippen molar-refractivity contribution in [1.82, 2.24) is 10.6 Å². The van der Waals surface area contributed by atoms with Gasteiger partial charge in [0, 0.05) is 6.54 Å². The highest BCUT2D eigenvalue weighted by Crippen LogP contribution is 2.36. The fourth-order valence-electron chi connectivity index (χ4n) is 3.75. The fourth-order valence-corrected chi connectivity index (χ4v) is 3.75. The molecule has 2 heterocycles. The summed E-state index contributed by atoms with van der Waals surface area (Å²) in [7, 11) is 0. The number of benzene rings is 1. The zero-order chi connectivity index (χ0) is 20.3. The second-order valence-electron chi connectivity index (χ2n) is 7.54. The van der Waals surface area contributed by atoms with Crippen LogP contribution in [0.4, 0.5) is 13.2 Å². The highest BCUT2D eigenvalue weighted by Gasteiger charge is 2.41. The average Bonchev–Trinajstić information content (AvgIpc) is 3.22. The van der Waals surface area contributed by atoms with Gasteiger partial charge in [-0.2, -0.15) is 13.2 Å². The maximum atomic E-state index is 13.5. The molecule has 5 nitrogen and oxygen atoms in total. The standard InChI is InChI=1S/C20H28F3N3O2.HI/c1-4-24-19(26-17-10-15-7-8-18(17)28-15)25-11-13-5-6-14(27-12(2)3)9-16(13)20(21,22)23;/h5-6,9,12,15,17-18H,4,7-8,10-11H2,1-3H3,(H2,24,25,26);1H. The van der Waals surface area contributed by atoms with Gasteiger partial charge in [-0.15, -0.1) is 24.0 Å². The number of hydrogen-bond acceptors (Lipinski definition) is 3. The van der Waals surface area contributed by atoms with Crippen molar-refractivity contribution in [1.29, 1.82) is 0 Å². The molecule has 2 fully saturated rings. The van der Waals surface area contributed by atoms with Crippen molar-refractivity contribution >= 4 is 29.9 Å². The summed E-state index contributed by atoms with van der Waals surface area (Å²) in [4.78, 5) is 4.39. The molecule has 1 aromatic carbocycles. The molecule has 2 bridgehead atoms. The molecule has 3 atom stereocenters. The lowest BCUT2D eigenvalue weighted by Crippen LogP contribution is -2.47. The molecular formula is C20H29F3IN3O2. The number of guanidine groups is 1. The molecule has 164 valence electrons. The second kappa shape index (κ2) is 10.2. The maximum Gasteiger partial charge on any atom is 0.416 e. The Bertz CT molecular complexity index is 713. The monoisotopic (exact) mass is 527 g/mol. The van der Waals surface area contributed by atoms with Crippen LogP contribution in [0.25, 0.3) is 0 Å². The fraction of sp³-hybridized carbons (Fsp3) is 0.650. The molecule has 0 amide bonds. The topological polar surface area (TPSA) is 54.9 Å². The van der Waals surface area contributed by atoms with E-state index in [0.29, 0.717) is 12.5 Å². The van der Waals surface area contributed by atoms with E-state index in [1.165, 1.54) is 6.07 Å². The van der Waals surface area contributed by atoms with Gasteiger partial charge in [0.1, 0.15) is 5.75 Å². The Labute approximate surface area is 186 Å². The van der Waals surface area contributed by atoms with Crippen molar-refractivity contribution in [2.45, 2.75) is 77.1 Å². The van der Waals surface area contributed by atoms with Gasteiger partial charge in [0.15, 0.2) is 5.96 Å². The van der Waals surface area contributed by atoms with Gasteiger partial charge in [-0.05, 0) is 57.7 Å². The van der Waals surface area contributed by atoms with Crippen LogP contribution in [-0.4, -0.2) is 36.9 Å². The van der Waals surface area contributed by atoms with E-state index in [2.05, 4.69) is 15.6 Å². The molecule has 0 saturated carbocycles. The second-order valence-corrected chi connectivity index (χ2v) is 7.54. The highest BCUT2D eigenvalue weighted by atomic mass is 127. The van der Waals surface area contributed by atoms with Crippen LogP contribution in [0.15, 0.2) is 23.2 Å². The lowest BCUT2D eigenvalue weighted by Gasteiger charge is -2.23. The lowest BCUT2D eigenvalue weighted by molar-refractivity contribution is -0.138. The van der Waals surface area contributed by atoms with Crippen LogP contribution in [0.2, 0.25) is 0 Å². The number of ether oxygens (including phenoxy) is 2. The number of rotatable bonds is 6. The third kappa shape index (κ3) is 6.37. The van der Waals surface area contributed by atoms with Gasteiger partial charge >= 0.3 is 6.18 Å². The molecule has 9 heteroatoms. The summed E-state index contributed by atoms with van der Waals surface area (Å²) in [6.45, 7) is 6.03. The first-order valence-corrected chi connectivity index (χ1v) is 9.83. The van der Waals surface area contributed by atoms with Gasteiger partial charge in [0.2, 0.25) is 0 Å². The van der Waals surface area contributed by atoms with E-state index in [4.69, 9.17) is 9.47 Å². The van der Waals surface area contributed by atoms with Crippen LogP contribution in [0.3, 0.4) is 0 Å². The Kier molecular flexibility index (Phi) is 8.45. The largest absolute Gasteiger partial charge is 0.491 e. The first-order valence-electron chi connectivity index (χ1n) is 9.83. The summed E-state index contributed by atoms with van der Waals surface area (Å²) < 4.78 is 51.8. The SMILES string of the molecule is CCNC(=NCc1ccc(OC(C)C)cc1C(F)(F)F)NC1CC2CCC1O2.I. The highest BCUT2D eigenvalue weighted by molar-refractivity contribution is 14.0. The van der Waals surface area contributed by atoms with E-state index in [1.807, 2.05) is 6.92 Å². The number of nitrogens with one attached hydrogen (secondary N) is 2. The first kappa shape index (κ1) is 24.0. The Morgan fingerprint density at radius 2 is 2.07 bits per heavy atom. The van der Waals surface area contributed by atoms with Gasteiger partial charge in [-0.1, -0.05) is 6.07 Å². The predicted octanol–water partition coefficient (Wildman–Crippen LogP) is 4.49. The Balaban J connectivity index is 0.00000300. The van der Waals surface area contributed by atoms with E-state index < -0.39 is 11.7 Å². The number of fused-ring (bicyclic) bond motifs is 2. The zero-order valence-electron chi connectivity index (χ0n) is 16.9. The van der Waals surface area contributed by atoms with Gasteiger partial charge in [-0.3, -0.25) is 0 Å². The van der Waals surface area contributed by atoms with E-state index in [9.17, 15) is 13.2 Å². The number of halogens is 4. The summed E-state index contributed by atoms with van der Waals surface area (Å²) in [6.07, 6.45) is -1.22. The predicted molar refractivity (Wildman–Crippen MR) is 117 cm³/mol. The van der Waals surface area contributed by atoms with Crippen LogP contribution in [0.5, 0.6) is 5.75 Å². The van der Waals surface area contributed by atoms with Crippen LogP contribution in [0.1, 0.15) is 51.2 Å². The molecule has 0 radical (unpaired) electrons. The smallest absolute Gasteiger partial charge is 0.416 e. The quantitative estimate of drug-likeness (QED) is 0.326. The molecule has 2 saturated heterocycles. The third-order valence-corrected chi connectivity index (χ3v) is 4.94.